The number of nitrogens with two attached hydrogens (primary N) is 1. The first-order valence-electron chi connectivity index (χ1n) is 5.39. The molecule has 0 radical (unpaired) electrons. The number of methoxy groups -OCH3 is 1. The summed E-state index contributed by atoms with van der Waals surface area (Å²) >= 11 is 0. The Morgan fingerprint density at radius 3 is 2.74 bits per heavy atom. The Balaban J connectivity index is 2.72. The van der Waals surface area contributed by atoms with E-state index in [0.29, 0.717) is 5.75 Å². The van der Waals surface area contributed by atoms with Crippen LogP contribution in [0.1, 0.15) is 6.42 Å². The van der Waals surface area contributed by atoms with Crippen LogP contribution in [0.4, 0.5) is 5.69 Å². The zero-order valence-corrected chi connectivity index (χ0v) is 10.2. The van der Waals surface area contributed by atoms with Gasteiger partial charge in [0.1, 0.15) is 6.04 Å². The van der Waals surface area contributed by atoms with Gasteiger partial charge in [0, 0.05) is 12.5 Å². The molecule has 104 valence electrons. The lowest BCUT2D eigenvalue weighted by Crippen LogP contribution is -2.31. The summed E-state index contributed by atoms with van der Waals surface area (Å²) in [6, 6.07) is 2.87. The summed E-state index contributed by atoms with van der Waals surface area (Å²) in [5.41, 5.74) is 5.17. The van der Waals surface area contributed by atoms with Crippen LogP contribution >= 0.6 is 0 Å². The van der Waals surface area contributed by atoms with Crippen molar-refractivity contribution in [1.82, 2.24) is 0 Å². The summed E-state index contributed by atoms with van der Waals surface area (Å²) in [5.74, 6) is -0.626. The lowest BCUT2D eigenvalue weighted by molar-refractivity contribution is -0.385. The number of carboxylic acid groups (broad SMARTS) is 1. The van der Waals surface area contributed by atoms with E-state index in [1.54, 1.807) is 0 Å². The van der Waals surface area contributed by atoms with Crippen molar-refractivity contribution in [3.63, 3.8) is 0 Å². The van der Waals surface area contributed by atoms with Crippen LogP contribution in [-0.4, -0.2) is 35.8 Å². The van der Waals surface area contributed by atoms with Crippen molar-refractivity contribution in [3.8, 4) is 11.5 Å². The third-order valence-corrected chi connectivity index (χ3v) is 2.36. The van der Waals surface area contributed by atoms with Gasteiger partial charge in [0.05, 0.1) is 24.7 Å². The highest BCUT2D eigenvalue weighted by Crippen LogP contribution is 2.31. The molecule has 0 amide bonds. The van der Waals surface area contributed by atoms with E-state index in [1.807, 2.05) is 0 Å². The molecule has 1 unspecified atom stereocenters. The van der Waals surface area contributed by atoms with E-state index in [-0.39, 0.29) is 24.5 Å². The van der Waals surface area contributed by atoms with E-state index in [0.717, 1.165) is 0 Å². The fourth-order valence-corrected chi connectivity index (χ4v) is 1.31. The van der Waals surface area contributed by atoms with E-state index < -0.39 is 16.9 Å². The molecular weight excluding hydrogens is 256 g/mol. The lowest BCUT2D eigenvalue weighted by Gasteiger charge is -2.11. The number of non-ortho nitro benzene ring substituents is 1. The molecule has 1 aromatic carbocycles. The molecule has 0 aromatic heterocycles. The number of carbonyl (C=O) groups is 1. The van der Waals surface area contributed by atoms with Gasteiger partial charge >= 0.3 is 5.97 Å². The normalized spacial score (nSPS) is 11.7. The van der Waals surface area contributed by atoms with Crippen molar-refractivity contribution in [3.05, 3.63) is 28.3 Å². The first-order chi connectivity index (χ1) is 8.95. The zero-order valence-electron chi connectivity index (χ0n) is 10.2. The minimum atomic E-state index is -1.13. The number of aliphatic carboxylic acids is 1. The molecule has 0 heterocycles. The molecule has 0 saturated carbocycles. The Morgan fingerprint density at radius 1 is 1.53 bits per heavy atom. The number of nitro benzene ring substituents is 1. The molecule has 0 spiro atoms. The molecule has 8 nitrogen and oxygen atoms in total. The standard InChI is InChI=1S/C11H14N2O6/c1-18-9-3-2-7(13(16)17)6-10(9)19-5-4-8(12)11(14)15/h2-3,6,8H,4-5,12H2,1H3,(H,14,15). The molecule has 0 aliphatic carbocycles. The third-order valence-electron chi connectivity index (χ3n) is 2.36. The highest BCUT2D eigenvalue weighted by atomic mass is 16.6. The molecule has 8 heteroatoms. The maximum atomic E-state index is 10.6. The Morgan fingerprint density at radius 2 is 2.21 bits per heavy atom. The fraction of sp³-hybridized carbons (Fsp3) is 0.364. The minimum absolute atomic E-state index is 0.0188. The highest BCUT2D eigenvalue weighted by molar-refractivity contribution is 5.72. The quantitative estimate of drug-likeness (QED) is 0.554. The van der Waals surface area contributed by atoms with Crippen LogP contribution in [0.2, 0.25) is 0 Å². The van der Waals surface area contributed by atoms with Crippen molar-refractivity contribution in [2.45, 2.75) is 12.5 Å². The molecule has 0 aliphatic heterocycles. The molecule has 0 saturated heterocycles. The number of benzene rings is 1. The second-order valence-corrected chi connectivity index (χ2v) is 3.67. The van der Waals surface area contributed by atoms with Gasteiger partial charge in [-0.25, -0.2) is 0 Å². The predicted octanol–water partition coefficient (Wildman–Crippen LogP) is 0.784. The van der Waals surface area contributed by atoms with Gasteiger partial charge in [-0.05, 0) is 6.07 Å². The molecule has 1 rings (SSSR count). The third kappa shape index (κ3) is 4.11. The van der Waals surface area contributed by atoms with Crippen LogP contribution in [0, 0.1) is 10.1 Å². The number of nitro groups is 1. The summed E-state index contributed by atoms with van der Waals surface area (Å²) in [6.45, 7) is 0.0188. The van der Waals surface area contributed by atoms with Crippen LogP contribution in [0.15, 0.2) is 18.2 Å². The molecule has 0 bridgehead atoms. The van der Waals surface area contributed by atoms with Gasteiger partial charge in [-0.15, -0.1) is 0 Å². The van der Waals surface area contributed by atoms with Gasteiger partial charge in [0.2, 0.25) is 0 Å². The Labute approximate surface area is 108 Å². The van der Waals surface area contributed by atoms with Crippen molar-refractivity contribution in [2.24, 2.45) is 5.73 Å². The SMILES string of the molecule is COc1ccc([N+](=O)[O-])cc1OCCC(N)C(=O)O. The van der Waals surface area contributed by atoms with E-state index in [1.165, 1.54) is 25.3 Å². The lowest BCUT2D eigenvalue weighted by atomic mass is 10.2. The van der Waals surface area contributed by atoms with E-state index in [2.05, 4.69) is 0 Å². The van der Waals surface area contributed by atoms with Crippen LogP contribution in [0.3, 0.4) is 0 Å². The van der Waals surface area contributed by atoms with Crippen molar-refractivity contribution >= 4 is 11.7 Å². The van der Waals surface area contributed by atoms with Crippen LogP contribution in [0.25, 0.3) is 0 Å². The fourth-order valence-electron chi connectivity index (χ4n) is 1.31. The Kier molecular flexibility index (Phi) is 5.07. The molecule has 1 atom stereocenters. The van der Waals surface area contributed by atoms with E-state index >= 15 is 0 Å². The van der Waals surface area contributed by atoms with E-state index in [9.17, 15) is 14.9 Å². The van der Waals surface area contributed by atoms with E-state index in [4.69, 9.17) is 20.3 Å². The second-order valence-electron chi connectivity index (χ2n) is 3.67. The van der Waals surface area contributed by atoms with Crippen LogP contribution < -0.4 is 15.2 Å². The topological polar surface area (TPSA) is 125 Å². The zero-order chi connectivity index (χ0) is 14.4. The Bertz CT molecular complexity index is 476. The minimum Gasteiger partial charge on any atom is -0.493 e. The summed E-state index contributed by atoms with van der Waals surface area (Å²) in [6.07, 6.45) is 0.0845. The number of carboxylic acids is 1. The number of ether oxygens (including phenoxy) is 2. The van der Waals surface area contributed by atoms with Gasteiger partial charge in [-0.1, -0.05) is 0 Å². The van der Waals surface area contributed by atoms with Gasteiger partial charge < -0.3 is 20.3 Å². The van der Waals surface area contributed by atoms with Gasteiger partial charge in [-0.2, -0.15) is 0 Å². The molecule has 3 N–H and O–H groups in total. The number of hydrogen-bond acceptors (Lipinski definition) is 6. The maximum Gasteiger partial charge on any atom is 0.320 e. The second kappa shape index (κ2) is 6.55. The first-order valence-corrected chi connectivity index (χ1v) is 5.39. The van der Waals surface area contributed by atoms with Crippen molar-refractivity contribution < 1.29 is 24.3 Å². The maximum absolute atomic E-state index is 10.6. The summed E-state index contributed by atoms with van der Waals surface area (Å²) in [7, 11) is 1.40. The predicted molar refractivity (Wildman–Crippen MR) is 65.4 cm³/mol. The summed E-state index contributed by atoms with van der Waals surface area (Å²) in [5, 5.41) is 19.2. The smallest absolute Gasteiger partial charge is 0.320 e. The van der Waals surface area contributed by atoms with Crippen LogP contribution in [-0.2, 0) is 4.79 Å². The van der Waals surface area contributed by atoms with Gasteiger partial charge in [0.25, 0.3) is 5.69 Å². The average Bonchev–Trinajstić information content (AvgIpc) is 2.38. The molecule has 19 heavy (non-hydrogen) atoms. The largest absolute Gasteiger partial charge is 0.493 e. The average molecular weight is 270 g/mol. The Hall–Kier alpha value is -2.35. The van der Waals surface area contributed by atoms with Gasteiger partial charge in [0.15, 0.2) is 11.5 Å². The summed E-state index contributed by atoms with van der Waals surface area (Å²) in [4.78, 5) is 20.6. The monoisotopic (exact) mass is 270 g/mol. The number of hydrogen-bond donors (Lipinski definition) is 2. The van der Waals surface area contributed by atoms with Crippen LogP contribution in [0.5, 0.6) is 11.5 Å². The molecular formula is C11H14N2O6. The number of nitrogens with zero attached hydrogens (tertiary/aromatic N) is 1. The summed E-state index contributed by atoms with van der Waals surface area (Å²) < 4.78 is 10.3. The number of rotatable bonds is 7. The first kappa shape index (κ1) is 14.7. The molecule has 0 aliphatic rings. The van der Waals surface area contributed by atoms with Crippen molar-refractivity contribution in [2.75, 3.05) is 13.7 Å². The van der Waals surface area contributed by atoms with Crippen molar-refractivity contribution in [1.29, 1.82) is 0 Å². The highest BCUT2D eigenvalue weighted by Gasteiger charge is 2.14. The molecule has 1 aromatic rings. The van der Waals surface area contributed by atoms with Gasteiger partial charge in [-0.3, -0.25) is 14.9 Å². The molecule has 0 fully saturated rings.